The Balaban J connectivity index is 1.50. The summed E-state index contributed by atoms with van der Waals surface area (Å²) in [4.78, 5) is 28.9. The van der Waals surface area contributed by atoms with E-state index in [9.17, 15) is 9.59 Å². The monoisotopic (exact) mass is 386 g/mol. The number of benzene rings is 1. The summed E-state index contributed by atoms with van der Waals surface area (Å²) in [6.07, 6.45) is 1.64. The van der Waals surface area contributed by atoms with Crippen LogP contribution in [0.3, 0.4) is 0 Å². The third-order valence-corrected chi connectivity index (χ3v) is 4.74. The van der Waals surface area contributed by atoms with Crippen LogP contribution in [0.15, 0.2) is 63.3 Å². The molecule has 0 radical (unpaired) electrons. The van der Waals surface area contributed by atoms with Crippen LogP contribution in [0, 0.1) is 0 Å². The number of halogens is 1. The van der Waals surface area contributed by atoms with Crippen LogP contribution in [0.25, 0.3) is 16.3 Å². The van der Waals surface area contributed by atoms with E-state index >= 15 is 0 Å². The second-order valence-electron chi connectivity index (χ2n) is 5.36. The van der Waals surface area contributed by atoms with Gasteiger partial charge in [0.25, 0.3) is 5.56 Å². The zero-order chi connectivity index (χ0) is 18.1. The van der Waals surface area contributed by atoms with E-state index in [1.54, 1.807) is 29.8 Å². The first-order valence-electron chi connectivity index (χ1n) is 7.59. The van der Waals surface area contributed by atoms with E-state index in [-0.39, 0.29) is 17.9 Å². The average molecular weight is 387 g/mol. The maximum absolute atomic E-state index is 12.2. The minimum atomic E-state index is -0.642. The zero-order valence-electron chi connectivity index (χ0n) is 13.2. The predicted octanol–water partition coefficient (Wildman–Crippen LogP) is 4.03. The molecule has 0 bridgehead atoms. The number of aromatic nitrogens is 2. The molecule has 0 atom stereocenters. The molecule has 0 aliphatic rings. The molecule has 0 saturated heterocycles. The van der Waals surface area contributed by atoms with Gasteiger partial charge in [0.2, 0.25) is 5.76 Å². The van der Waals surface area contributed by atoms with Crippen molar-refractivity contribution in [1.82, 2.24) is 9.38 Å². The molecule has 0 fully saturated rings. The van der Waals surface area contributed by atoms with Crippen molar-refractivity contribution < 1.29 is 13.9 Å². The number of ether oxygens (including phenoxy) is 1. The molecule has 4 rings (SSSR count). The molecule has 6 nitrogen and oxygen atoms in total. The van der Waals surface area contributed by atoms with Gasteiger partial charge in [-0.1, -0.05) is 23.7 Å². The molecule has 26 heavy (non-hydrogen) atoms. The van der Waals surface area contributed by atoms with Gasteiger partial charge in [0.15, 0.2) is 4.96 Å². The molecular formula is C18H11ClN2O4S. The van der Waals surface area contributed by atoms with Gasteiger partial charge in [0.05, 0.1) is 10.7 Å². The molecule has 130 valence electrons. The number of carbonyl (C=O) groups excluding carboxylic acids is 1. The number of furan rings is 1. The topological polar surface area (TPSA) is 73.8 Å². The van der Waals surface area contributed by atoms with Crippen LogP contribution in [-0.2, 0) is 11.3 Å². The van der Waals surface area contributed by atoms with Gasteiger partial charge in [-0.15, -0.1) is 11.3 Å². The number of hydrogen-bond donors (Lipinski definition) is 0. The van der Waals surface area contributed by atoms with E-state index in [1.165, 1.54) is 27.9 Å². The van der Waals surface area contributed by atoms with Gasteiger partial charge >= 0.3 is 5.97 Å². The maximum atomic E-state index is 12.2. The highest BCUT2D eigenvalue weighted by Crippen LogP contribution is 2.29. The van der Waals surface area contributed by atoms with Gasteiger partial charge in [0.1, 0.15) is 12.4 Å². The van der Waals surface area contributed by atoms with Crippen LogP contribution >= 0.6 is 22.9 Å². The SMILES string of the molecule is O=C(OCc1cc(=O)n2ccsc2n1)c1ccc(-c2ccccc2Cl)o1. The number of rotatable bonds is 4. The molecular weight excluding hydrogens is 376 g/mol. The Kier molecular flexibility index (Phi) is 4.32. The fraction of sp³-hybridized carbons (Fsp3) is 0.0556. The lowest BCUT2D eigenvalue weighted by Gasteiger charge is -2.03. The highest BCUT2D eigenvalue weighted by atomic mass is 35.5. The molecule has 0 unspecified atom stereocenters. The largest absolute Gasteiger partial charge is 0.453 e. The van der Waals surface area contributed by atoms with E-state index in [1.807, 2.05) is 12.1 Å². The van der Waals surface area contributed by atoms with E-state index in [0.29, 0.717) is 27.0 Å². The van der Waals surface area contributed by atoms with E-state index < -0.39 is 5.97 Å². The van der Waals surface area contributed by atoms with Crippen LogP contribution in [0.4, 0.5) is 0 Å². The third-order valence-electron chi connectivity index (χ3n) is 3.65. The van der Waals surface area contributed by atoms with Gasteiger partial charge in [-0.2, -0.15) is 0 Å². The van der Waals surface area contributed by atoms with Crippen LogP contribution < -0.4 is 5.56 Å². The maximum Gasteiger partial charge on any atom is 0.374 e. The van der Waals surface area contributed by atoms with Crippen molar-refractivity contribution >= 4 is 33.9 Å². The fourth-order valence-corrected chi connectivity index (χ4v) is 3.39. The molecule has 0 saturated carbocycles. The van der Waals surface area contributed by atoms with Crippen molar-refractivity contribution in [3.8, 4) is 11.3 Å². The van der Waals surface area contributed by atoms with Crippen molar-refractivity contribution in [2.75, 3.05) is 0 Å². The first-order valence-corrected chi connectivity index (χ1v) is 8.85. The molecule has 3 aromatic heterocycles. The Hall–Kier alpha value is -2.90. The van der Waals surface area contributed by atoms with Crippen molar-refractivity contribution in [3.05, 3.63) is 80.9 Å². The molecule has 1 aromatic carbocycles. The molecule has 8 heteroatoms. The summed E-state index contributed by atoms with van der Waals surface area (Å²) in [6.45, 7) is -0.120. The Morgan fingerprint density at radius 1 is 1.27 bits per heavy atom. The Labute approximate surface area is 156 Å². The number of esters is 1. The highest BCUT2D eigenvalue weighted by molar-refractivity contribution is 7.15. The van der Waals surface area contributed by atoms with Gasteiger partial charge in [-0.25, -0.2) is 9.78 Å². The first kappa shape index (κ1) is 16.6. The Morgan fingerprint density at radius 3 is 2.96 bits per heavy atom. The standard InChI is InChI=1S/C18H11ClN2O4S/c19-13-4-2-1-3-12(13)14-5-6-15(25-14)17(23)24-10-11-9-16(22)21-7-8-26-18(21)20-11/h1-9H,10H2. The zero-order valence-corrected chi connectivity index (χ0v) is 14.8. The summed E-state index contributed by atoms with van der Waals surface area (Å²) in [7, 11) is 0. The van der Waals surface area contributed by atoms with Crippen molar-refractivity contribution in [2.45, 2.75) is 6.61 Å². The Bertz CT molecular complexity index is 1160. The van der Waals surface area contributed by atoms with Gasteiger partial charge in [0, 0.05) is 23.2 Å². The van der Waals surface area contributed by atoms with Gasteiger partial charge < -0.3 is 9.15 Å². The van der Waals surface area contributed by atoms with Crippen LogP contribution in [0.1, 0.15) is 16.2 Å². The second-order valence-corrected chi connectivity index (χ2v) is 6.64. The lowest BCUT2D eigenvalue weighted by molar-refractivity contribution is 0.0432. The van der Waals surface area contributed by atoms with Crippen molar-refractivity contribution in [3.63, 3.8) is 0 Å². The fourth-order valence-electron chi connectivity index (χ4n) is 2.43. The molecule has 3 heterocycles. The quantitative estimate of drug-likeness (QED) is 0.495. The lowest BCUT2D eigenvalue weighted by atomic mass is 10.2. The normalized spacial score (nSPS) is 11.0. The van der Waals surface area contributed by atoms with E-state index in [0.717, 1.165) is 0 Å². The Morgan fingerprint density at radius 2 is 2.12 bits per heavy atom. The minimum absolute atomic E-state index is 0.0499. The average Bonchev–Trinajstić information content (AvgIpc) is 3.29. The smallest absolute Gasteiger partial charge is 0.374 e. The number of fused-ring (bicyclic) bond motifs is 1. The molecule has 4 aromatic rings. The lowest BCUT2D eigenvalue weighted by Crippen LogP contribution is -2.14. The van der Waals surface area contributed by atoms with Crippen molar-refractivity contribution in [1.29, 1.82) is 0 Å². The summed E-state index contributed by atoms with van der Waals surface area (Å²) in [5.41, 5.74) is 0.844. The van der Waals surface area contributed by atoms with E-state index in [2.05, 4.69) is 4.98 Å². The number of thiazole rings is 1. The number of hydrogen-bond acceptors (Lipinski definition) is 6. The summed E-state index contributed by atoms with van der Waals surface area (Å²) in [6, 6.07) is 11.7. The second kappa shape index (κ2) is 6.78. The summed E-state index contributed by atoms with van der Waals surface area (Å²) >= 11 is 7.46. The van der Waals surface area contributed by atoms with Gasteiger partial charge in [-0.05, 0) is 24.3 Å². The summed E-state index contributed by atoms with van der Waals surface area (Å²) in [5.74, 6) is -0.121. The number of carbonyl (C=O) groups is 1. The molecule has 0 aliphatic carbocycles. The summed E-state index contributed by atoms with van der Waals surface area (Å²) in [5, 5.41) is 2.29. The van der Waals surface area contributed by atoms with Gasteiger partial charge in [-0.3, -0.25) is 9.20 Å². The third kappa shape index (κ3) is 3.14. The predicted molar refractivity (Wildman–Crippen MR) is 97.6 cm³/mol. The molecule has 0 amide bonds. The van der Waals surface area contributed by atoms with Crippen molar-refractivity contribution in [2.24, 2.45) is 0 Å². The molecule has 0 spiro atoms. The van der Waals surface area contributed by atoms with Crippen LogP contribution in [0.5, 0.6) is 0 Å². The minimum Gasteiger partial charge on any atom is -0.453 e. The first-order chi connectivity index (χ1) is 12.6. The highest BCUT2D eigenvalue weighted by Gasteiger charge is 2.16. The molecule has 0 N–H and O–H groups in total. The molecule has 0 aliphatic heterocycles. The van der Waals surface area contributed by atoms with Crippen LogP contribution in [-0.4, -0.2) is 15.4 Å². The van der Waals surface area contributed by atoms with Crippen LogP contribution in [0.2, 0.25) is 5.02 Å². The number of nitrogens with zero attached hydrogens (tertiary/aromatic N) is 2. The summed E-state index contributed by atoms with van der Waals surface area (Å²) < 4.78 is 12.2. The van der Waals surface area contributed by atoms with E-state index in [4.69, 9.17) is 20.8 Å².